The highest BCUT2D eigenvalue weighted by molar-refractivity contribution is 5.37. The molecule has 0 aliphatic heterocycles. The summed E-state index contributed by atoms with van der Waals surface area (Å²) in [6.45, 7) is -1.63. The van der Waals surface area contributed by atoms with Gasteiger partial charge in [-0.15, -0.1) is 0 Å². The number of halogens is 3. The highest BCUT2D eigenvalue weighted by Crippen LogP contribution is 2.52. The van der Waals surface area contributed by atoms with Gasteiger partial charge in [0, 0.05) is 0 Å². The molecule has 112 valence electrons. The van der Waals surface area contributed by atoms with E-state index in [2.05, 4.69) is 14.9 Å². The molecule has 1 aromatic heterocycles. The molecule has 0 saturated heterocycles. The van der Waals surface area contributed by atoms with Crippen LogP contribution in [0, 0.1) is 0 Å². The summed E-state index contributed by atoms with van der Waals surface area (Å²) in [5.74, 6) is 0.579. The van der Waals surface area contributed by atoms with E-state index >= 15 is 0 Å². The monoisotopic (exact) mass is 298 g/mol. The van der Waals surface area contributed by atoms with Crippen LogP contribution in [0.4, 0.5) is 13.2 Å². The zero-order chi connectivity index (χ0) is 14.9. The van der Waals surface area contributed by atoms with Crippen LogP contribution in [0.3, 0.4) is 0 Å². The van der Waals surface area contributed by atoms with Crippen LogP contribution in [-0.4, -0.2) is 22.9 Å². The second kappa shape index (κ2) is 5.14. The minimum absolute atomic E-state index is 0.136. The number of hydrogen-bond donors (Lipinski definition) is 0. The van der Waals surface area contributed by atoms with Gasteiger partial charge in [-0.2, -0.15) is 18.2 Å². The first-order valence-electron chi connectivity index (χ1n) is 6.53. The van der Waals surface area contributed by atoms with E-state index in [-0.39, 0.29) is 17.8 Å². The van der Waals surface area contributed by atoms with Crippen molar-refractivity contribution >= 4 is 0 Å². The number of hydrogen-bond acceptors (Lipinski definition) is 4. The third-order valence-electron chi connectivity index (χ3n) is 3.45. The highest BCUT2D eigenvalue weighted by atomic mass is 19.4. The minimum Gasteiger partial charge on any atom is -0.364 e. The quantitative estimate of drug-likeness (QED) is 0.850. The SMILES string of the molecule is FC(F)(F)COCc1noc(C2(c3ccccc3)CC2)n1. The van der Waals surface area contributed by atoms with Crippen molar-refractivity contribution in [1.82, 2.24) is 10.1 Å². The molecule has 0 radical (unpaired) electrons. The van der Waals surface area contributed by atoms with E-state index in [0.29, 0.717) is 5.89 Å². The standard InChI is InChI=1S/C14H13F3N2O2/c15-14(16,17)9-20-8-11-18-12(21-19-11)13(6-7-13)10-4-2-1-3-5-10/h1-5H,6-9H2. The normalized spacial score (nSPS) is 16.9. The van der Waals surface area contributed by atoms with E-state index in [1.807, 2.05) is 30.3 Å². The predicted octanol–water partition coefficient (Wildman–Crippen LogP) is 3.23. The lowest BCUT2D eigenvalue weighted by Gasteiger charge is -2.09. The van der Waals surface area contributed by atoms with Gasteiger partial charge >= 0.3 is 6.18 Å². The Bertz CT molecular complexity index is 606. The van der Waals surface area contributed by atoms with Gasteiger partial charge in [-0.1, -0.05) is 35.5 Å². The van der Waals surface area contributed by atoms with Crippen LogP contribution in [0.1, 0.15) is 30.1 Å². The molecule has 2 aromatic rings. The molecule has 1 aliphatic carbocycles. The maximum Gasteiger partial charge on any atom is 0.411 e. The second-order valence-electron chi connectivity index (χ2n) is 5.07. The Morgan fingerprint density at radius 2 is 1.90 bits per heavy atom. The third-order valence-corrected chi connectivity index (χ3v) is 3.45. The number of ether oxygens (including phenoxy) is 1. The van der Waals surface area contributed by atoms with Crippen LogP contribution in [0.2, 0.25) is 0 Å². The Balaban J connectivity index is 1.68. The van der Waals surface area contributed by atoms with Gasteiger partial charge in [0.1, 0.15) is 13.2 Å². The molecule has 21 heavy (non-hydrogen) atoms. The van der Waals surface area contributed by atoms with E-state index in [1.165, 1.54) is 0 Å². The first-order chi connectivity index (χ1) is 10.00. The Morgan fingerprint density at radius 3 is 2.52 bits per heavy atom. The van der Waals surface area contributed by atoms with Crippen LogP contribution in [0.15, 0.2) is 34.9 Å². The number of rotatable bonds is 5. The molecule has 1 aromatic carbocycles. The molecule has 0 N–H and O–H groups in total. The van der Waals surface area contributed by atoms with E-state index < -0.39 is 12.8 Å². The molecule has 1 saturated carbocycles. The van der Waals surface area contributed by atoms with E-state index in [0.717, 1.165) is 18.4 Å². The molecule has 3 rings (SSSR count). The summed E-state index contributed by atoms with van der Waals surface area (Å²) in [5, 5.41) is 3.69. The third kappa shape index (κ3) is 3.07. The number of nitrogens with zero attached hydrogens (tertiary/aromatic N) is 2. The molecule has 4 nitrogen and oxygen atoms in total. The fourth-order valence-corrected chi connectivity index (χ4v) is 2.27. The molecule has 7 heteroatoms. The van der Waals surface area contributed by atoms with Gasteiger partial charge in [-0.3, -0.25) is 0 Å². The summed E-state index contributed by atoms with van der Waals surface area (Å²) < 4.78 is 45.7. The van der Waals surface area contributed by atoms with Crippen LogP contribution in [0.25, 0.3) is 0 Å². The van der Waals surface area contributed by atoms with Gasteiger partial charge in [-0.25, -0.2) is 0 Å². The van der Waals surface area contributed by atoms with Crippen LogP contribution in [-0.2, 0) is 16.8 Å². The summed E-state index contributed by atoms with van der Waals surface area (Å²) in [5.41, 5.74) is 0.799. The Labute approximate surface area is 118 Å². The van der Waals surface area contributed by atoms with Gasteiger partial charge in [-0.05, 0) is 18.4 Å². The summed E-state index contributed by atoms with van der Waals surface area (Å²) >= 11 is 0. The zero-order valence-electron chi connectivity index (χ0n) is 11.1. The molecule has 0 bridgehead atoms. The predicted molar refractivity (Wildman–Crippen MR) is 66.5 cm³/mol. The molecule has 1 fully saturated rings. The van der Waals surface area contributed by atoms with Crippen molar-refractivity contribution in [3.8, 4) is 0 Å². The summed E-state index contributed by atoms with van der Waals surface area (Å²) in [4.78, 5) is 4.17. The van der Waals surface area contributed by atoms with Gasteiger partial charge in [0.15, 0.2) is 5.82 Å². The lowest BCUT2D eigenvalue weighted by molar-refractivity contribution is -0.177. The number of aromatic nitrogens is 2. The molecule has 1 aliphatic rings. The average molecular weight is 298 g/mol. The fraction of sp³-hybridized carbons (Fsp3) is 0.429. The first-order valence-corrected chi connectivity index (χ1v) is 6.53. The molecular weight excluding hydrogens is 285 g/mol. The lowest BCUT2D eigenvalue weighted by atomic mass is 9.96. The Kier molecular flexibility index (Phi) is 3.44. The fourth-order valence-electron chi connectivity index (χ4n) is 2.27. The van der Waals surface area contributed by atoms with Crippen molar-refractivity contribution in [1.29, 1.82) is 0 Å². The largest absolute Gasteiger partial charge is 0.411 e. The van der Waals surface area contributed by atoms with Crippen LogP contribution in [0.5, 0.6) is 0 Å². The Hall–Kier alpha value is -1.89. The van der Waals surface area contributed by atoms with Crippen molar-refractivity contribution in [3.05, 3.63) is 47.6 Å². The van der Waals surface area contributed by atoms with Gasteiger partial charge in [0.25, 0.3) is 0 Å². The van der Waals surface area contributed by atoms with Gasteiger partial charge in [0.2, 0.25) is 5.89 Å². The minimum atomic E-state index is -4.35. The number of benzene rings is 1. The number of alkyl halides is 3. The van der Waals surface area contributed by atoms with E-state index in [9.17, 15) is 13.2 Å². The lowest BCUT2D eigenvalue weighted by Crippen LogP contribution is -2.17. The van der Waals surface area contributed by atoms with Crippen LogP contribution >= 0.6 is 0 Å². The Morgan fingerprint density at radius 1 is 1.19 bits per heavy atom. The maximum atomic E-state index is 12.0. The van der Waals surface area contributed by atoms with Crippen molar-refractivity contribution < 1.29 is 22.4 Å². The average Bonchev–Trinajstić information content (AvgIpc) is 3.12. The van der Waals surface area contributed by atoms with Crippen molar-refractivity contribution in [3.63, 3.8) is 0 Å². The molecule has 0 atom stereocenters. The van der Waals surface area contributed by atoms with Crippen molar-refractivity contribution in [2.24, 2.45) is 0 Å². The van der Waals surface area contributed by atoms with E-state index in [4.69, 9.17) is 4.52 Å². The molecule has 0 unspecified atom stereocenters. The van der Waals surface area contributed by atoms with Crippen molar-refractivity contribution in [2.75, 3.05) is 6.61 Å². The first kappa shape index (κ1) is 14.1. The summed E-state index contributed by atoms with van der Waals surface area (Å²) in [6, 6.07) is 9.75. The molecular formula is C14H13F3N2O2. The van der Waals surface area contributed by atoms with Gasteiger partial charge < -0.3 is 9.26 Å². The highest BCUT2D eigenvalue weighted by Gasteiger charge is 2.50. The molecule has 1 heterocycles. The smallest absolute Gasteiger partial charge is 0.364 e. The molecule has 0 amide bonds. The summed E-state index contributed by atoms with van der Waals surface area (Å²) in [6.07, 6.45) is -2.57. The van der Waals surface area contributed by atoms with E-state index in [1.54, 1.807) is 0 Å². The molecule has 0 spiro atoms. The van der Waals surface area contributed by atoms with Crippen molar-refractivity contribution in [2.45, 2.75) is 31.0 Å². The van der Waals surface area contributed by atoms with Crippen LogP contribution < -0.4 is 0 Å². The topological polar surface area (TPSA) is 48.2 Å². The maximum absolute atomic E-state index is 12.0. The summed E-state index contributed by atoms with van der Waals surface area (Å²) in [7, 11) is 0. The zero-order valence-corrected chi connectivity index (χ0v) is 11.1. The van der Waals surface area contributed by atoms with Gasteiger partial charge in [0.05, 0.1) is 5.41 Å². The second-order valence-corrected chi connectivity index (χ2v) is 5.07.